The molecule has 0 aromatic carbocycles. The molecule has 1 saturated heterocycles. The van der Waals surface area contributed by atoms with Crippen LogP contribution in [-0.2, 0) is 9.59 Å². The number of likely N-dealkylation sites (tertiary alicyclic amines) is 1. The summed E-state index contributed by atoms with van der Waals surface area (Å²) >= 11 is 0. The van der Waals surface area contributed by atoms with Crippen LogP contribution < -0.4 is 0 Å². The van der Waals surface area contributed by atoms with Crippen LogP contribution in [0.4, 0.5) is 0 Å². The smallest absolute Gasteiger partial charge is 0.226 e. The van der Waals surface area contributed by atoms with E-state index in [0.717, 1.165) is 38.8 Å². The first kappa shape index (κ1) is 20.0. The lowest BCUT2D eigenvalue weighted by Gasteiger charge is -2.58. The zero-order valence-corrected chi connectivity index (χ0v) is 18.5. The van der Waals surface area contributed by atoms with Gasteiger partial charge in [0.15, 0.2) is 0 Å². The van der Waals surface area contributed by atoms with E-state index >= 15 is 0 Å². The molecule has 3 fully saturated rings. The molecule has 2 saturated carbocycles. The SMILES string of the molecule is CCN(CC)C(=O)C1CCC2C3CC=C4N(C)C(=O)CCC4(C)C3CCC12C. The van der Waals surface area contributed by atoms with Gasteiger partial charge < -0.3 is 9.80 Å². The second-order valence-electron chi connectivity index (χ2n) is 10.3. The summed E-state index contributed by atoms with van der Waals surface area (Å²) < 4.78 is 0. The number of piperidine rings is 1. The van der Waals surface area contributed by atoms with E-state index < -0.39 is 0 Å². The van der Waals surface area contributed by atoms with Crippen LogP contribution in [0, 0.1) is 34.5 Å². The van der Waals surface area contributed by atoms with Crippen LogP contribution in [-0.4, -0.2) is 41.8 Å². The average molecular weight is 387 g/mol. The second kappa shape index (κ2) is 6.88. The van der Waals surface area contributed by atoms with E-state index in [9.17, 15) is 9.59 Å². The van der Waals surface area contributed by atoms with E-state index in [-0.39, 0.29) is 22.7 Å². The van der Waals surface area contributed by atoms with Crippen LogP contribution in [0.3, 0.4) is 0 Å². The van der Waals surface area contributed by atoms with Gasteiger partial charge in [0, 0.05) is 43.6 Å². The number of amides is 2. The molecule has 3 aliphatic carbocycles. The van der Waals surface area contributed by atoms with Gasteiger partial charge >= 0.3 is 0 Å². The van der Waals surface area contributed by atoms with E-state index in [1.54, 1.807) is 0 Å². The molecule has 2 amide bonds. The highest BCUT2D eigenvalue weighted by molar-refractivity contribution is 5.80. The minimum absolute atomic E-state index is 0.133. The Morgan fingerprint density at radius 3 is 2.54 bits per heavy atom. The monoisotopic (exact) mass is 386 g/mol. The quantitative estimate of drug-likeness (QED) is 0.718. The molecular weight excluding hydrogens is 348 g/mol. The fourth-order valence-electron chi connectivity index (χ4n) is 7.74. The van der Waals surface area contributed by atoms with Crippen molar-refractivity contribution in [2.45, 2.75) is 72.6 Å². The molecule has 0 N–H and O–H groups in total. The van der Waals surface area contributed by atoms with Gasteiger partial charge in [-0.05, 0) is 75.5 Å². The third-order valence-corrected chi connectivity index (χ3v) is 9.39. The fraction of sp³-hybridized carbons (Fsp3) is 0.833. The molecule has 0 spiro atoms. The van der Waals surface area contributed by atoms with E-state index in [4.69, 9.17) is 0 Å². The lowest BCUT2D eigenvalue weighted by Crippen LogP contribution is -2.54. The van der Waals surface area contributed by atoms with Crippen molar-refractivity contribution >= 4 is 11.8 Å². The molecule has 1 aliphatic heterocycles. The average Bonchev–Trinajstić information content (AvgIpc) is 3.03. The van der Waals surface area contributed by atoms with E-state index in [1.807, 2.05) is 16.8 Å². The summed E-state index contributed by atoms with van der Waals surface area (Å²) in [6.45, 7) is 10.7. The maximum Gasteiger partial charge on any atom is 0.226 e. The highest BCUT2D eigenvalue weighted by Gasteiger charge is 2.60. The van der Waals surface area contributed by atoms with Crippen LogP contribution >= 0.6 is 0 Å². The van der Waals surface area contributed by atoms with Crippen molar-refractivity contribution < 1.29 is 9.59 Å². The Labute approximate surface area is 170 Å². The summed E-state index contributed by atoms with van der Waals surface area (Å²) in [6, 6.07) is 0. The van der Waals surface area contributed by atoms with Gasteiger partial charge in [0.25, 0.3) is 0 Å². The fourth-order valence-corrected chi connectivity index (χ4v) is 7.74. The normalized spacial score (nSPS) is 42.4. The van der Waals surface area contributed by atoms with Crippen molar-refractivity contribution in [1.29, 1.82) is 0 Å². The Hall–Kier alpha value is -1.32. The molecule has 156 valence electrons. The summed E-state index contributed by atoms with van der Waals surface area (Å²) in [5.41, 5.74) is 1.56. The predicted octanol–water partition coefficient (Wildman–Crippen LogP) is 4.46. The number of carbonyl (C=O) groups excluding carboxylic acids is 2. The number of rotatable bonds is 3. The van der Waals surface area contributed by atoms with Crippen LogP contribution in [0.2, 0.25) is 0 Å². The van der Waals surface area contributed by atoms with Crippen LogP contribution in [0.1, 0.15) is 72.6 Å². The van der Waals surface area contributed by atoms with Gasteiger partial charge in [-0.1, -0.05) is 19.9 Å². The van der Waals surface area contributed by atoms with Gasteiger partial charge in [-0.25, -0.2) is 0 Å². The zero-order valence-electron chi connectivity index (χ0n) is 18.5. The maximum absolute atomic E-state index is 13.3. The van der Waals surface area contributed by atoms with Crippen molar-refractivity contribution in [3.63, 3.8) is 0 Å². The standard InChI is InChI=1S/C24H38N2O2/c1-6-26(7-2)22(28)19-10-9-17-16-8-11-20-24(4,15-13-21(27)25(20)5)18(16)12-14-23(17,19)3/h11,16-19H,6-10,12-15H2,1-5H3. The Kier molecular flexibility index (Phi) is 4.91. The van der Waals surface area contributed by atoms with Crippen molar-refractivity contribution in [3.8, 4) is 0 Å². The van der Waals surface area contributed by atoms with E-state index in [1.165, 1.54) is 18.5 Å². The maximum atomic E-state index is 13.3. The van der Waals surface area contributed by atoms with Gasteiger partial charge in [-0.2, -0.15) is 0 Å². The highest BCUT2D eigenvalue weighted by Crippen LogP contribution is 2.66. The lowest BCUT2D eigenvalue weighted by molar-refractivity contribution is -0.144. The molecule has 6 atom stereocenters. The number of hydrogen-bond donors (Lipinski definition) is 0. The molecule has 4 aliphatic rings. The highest BCUT2D eigenvalue weighted by atomic mass is 16.2. The first-order valence-electron chi connectivity index (χ1n) is 11.5. The van der Waals surface area contributed by atoms with Crippen LogP contribution in [0.15, 0.2) is 11.8 Å². The van der Waals surface area contributed by atoms with E-state index in [0.29, 0.717) is 30.1 Å². The molecule has 1 heterocycles. The number of hydrogen-bond acceptors (Lipinski definition) is 2. The largest absolute Gasteiger partial charge is 0.343 e. The predicted molar refractivity (Wildman–Crippen MR) is 111 cm³/mol. The van der Waals surface area contributed by atoms with Crippen molar-refractivity contribution in [2.75, 3.05) is 20.1 Å². The molecule has 0 aromatic heterocycles. The first-order chi connectivity index (χ1) is 13.3. The molecule has 0 aromatic rings. The first-order valence-corrected chi connectivity index (χ1v) is 11.5. The topological polar surface area (TPSA) is 40.6 Å². The Morgan fingerprint density at radius 1 is 1.14 bits per heavy atom. The summed E-state index contributed by atoms with van der Waals surface area (Å²) in [5.74, 6) is 2.84. The molecule has 0 radical (unpaired) electrons. The molecule has 4 heteroatoms. The van der Waals surface area contributed by atoms with Crippen LogP contribution in [0.5, 0.6) is 0 Å². The second-order valence-corrected chi connectivity index (χ2v) is 10.3. The minimum Gasteiger partial charge on any atom is -0.343 e. The zero-order chi connectivity index (χ0) is 20.3. The lowest BCUT2D eigenvalue weighted by atomic mass is 9.49. The van der Waals surface area contributed by atoms with Gasteiger partial charge in [0.05, 0.1) is 0 Å². The number of allylic oxidation sites excluding steroid dienone is 2. The Balaban J connectivity index is 1.62. The molecular formula is C24H38N2O2. The summed E-state index contributed by atoms with van der Waals surface area (Å²) in [7, 11) is 1.97. The Morgan fingerprint density at radius 2 is 1.86 bits per heavy atom. The summed E-state index contributed by atoms with van der Waals surface area (Å²) in [5, 5.41) is 0. The number of carbonyl (C=O) groups is 2. The van der Waals surface area contributed by atoms with E-state index in [2.05, 4.69) is 33.8 Å². The van der Waals surface area contributed by atoms with Crippen LogP contribution in [0.25, 0.3) is 0 Å². The van der Waals surface area contributed by atoms with Gasteiger partial charge in [-0.3, -0.25) is 9.59 Å². The molecule has 4 nitrogen and oxygen atoms in total. The third kappa shape index (κ3) is 2.62. The Bertz CT molecular complexity index is 697. The summed E-state index contributed by atoms with van der Waals surface area (Å²) in [4.78, 5) is 29.5. The van der Waals surface area contributed by atoms with Crippen molar-refractivity contribution in [3.05, 3.63) is 11.8 Å². The van der Waals surface area contributed by atoms with Gasteiger partial charge in [0.1, 0.15) is 0 Å². The molecule has 28 heavy (non-hydrogen) atoms. The number of fused-ring (bicyclic) bond motifs is 5. The molecule has 0 bridgehead atoms. The van der Waals surface area contributed by atoms with Gasteiger partial charge in [0.2, 0.25) is 11.8 Å². The summed E-state index contributed by atoms with van der Waals surface area (Å²) in [6.07, 6.45) is 9.76. The van der Waals surface area contributed by atoms with Crippen molar-refractivity contribution in [2.24, 2.45) is 34.5 Å². The van der Waals surface area contributed by atoms with Gasteiger partial charge in [-0.15, -0.1) is 0 Å². The minimum atomic E-state index is 0.133. The molecule has 4 rings (SSSR count). The third-order valence-electron chi connectivity index (χ3n) is 9.39. The number of nitrogens with zero attached hydrogens (tertiary/aromatic N) is 2. The van der Waals surface area contributed by atoms with Crippen molar-refractivity contribution in [1.82, 2.24) is 9.80 Å². The molecule has 6 unspecified atom stereocenters.